The third-order valence-electron chi connectivity index (χ3n) is 4.85. The molecular weight excluding hydrogens is 362 g/mol. The predicted molar refractivity (Wildman–Crippen MR) is 108 cm³/mol. The fourth-order valence-electron chi connectivity index (χ4n) is 3.31. The molecule has 2 aromatic rings. The molecule has 1 aromatic heterocycles. The Hall–Kier alpha value is -2.28. The van der Waals surface area contributed by atoms with Crippen molar-refractivity contribution in [2.24, 2.45) is 0 Å². The van der Waals surface area contributed by atoms with Crippen LogP contribution in [0.25, 0.3) is 0 Å². The third-order valence-corrected chi connectivity index (χ3v) is 6.23. The summed E-state index contributed by atoms with van der Waals surface area (Å²) in [4.78, 5) is 6.57. The highest BCUT2D eigenvalue weighted by atomic mass is 32.2. The minimum absolute atomic E-state index is 0.191. The molecule has 0 amide bonds. The molecule has 146 valence electrons. The lowest BCUT2D eigenvalue weighted by Crippen LogP contribution is -2.22. The van der Waals surface area contributed by atoms with Gasteiger partial charge in [0.05, 0.1) is 22.9 Å². The van der Waals surface area contributed by atoms with Gasteiger partial charge in [0.25, 0.3) is 10.0 Å². The Bertz CT molecular complexity index is 826. The second-order valence-corrected chi connectivity index (χ2v) is 8.36. The van der Waals surface area contributed by atoms with Crippen molar-refractivity contribution < 1.29 is 13.2 Å². The monoisotopic (exact) mass is 389 g/mol. The van der Waals surface area contributed by atoms with E-state index in [1.807, 2.05) is 6.07 Å². The van der Waals surface area contributed by atoms with E-state index in [0.717, 1.165) is 31.6 Å². The van der Waals surface area contributed by atoms with Crippen LogP contribution >= 0.6 is 0 Å². The molecule has 27 heavy (non-hydrogen) atoms. The highest BCUT2D eigenvalue weighted by molar-refractivity contribution is 7.92. The molecule has 0 radical (unpaired) electrons. The Morgan fingerprint density at radius 3 is 2.30 bits per heavy atom. The highest BCUT2D eigenvalue weighted by Gasteiger charge is 2.18. The van der Waals surface area contributed by atoms with Crippen LogP contribution in [0.4, 0.5) is 11.5 Å². The van der Waals surface area contributed by atoms with Gasteiger partial charge in [-0.05, 0) is 75.9 Å². The molecule has 1 N–H and O–H groups in total. The van der Waals surface area contributed by atoms with E-state index in [2.05, 4.69) is 28.5 Å². The molecule has 1 fully saturated rings. The maximum Gasteiger partial charge on any atom is 0.263 e. The number of nitrogens with one attached hydrogen (secondary N) is 1. The second-order valence-electron chi connectivity index (χ2n) is 6.68. The first-order valence-corrected chi connectivity index (χ1v) is 11.0. The number of hydrogen-bond acceptors (Lipinski definition) is 5. The first-order chi connectivity index (χ1) is 13.0. The zero-order valence-corrected chi connectivity index (χ0v) is 16.7. The largest absolute Gasteiger partial charge is 0.490 e. The van der Waals surface area contributed by atoms with Gasteiger partial charge in [-0.1, -0.05) is 0 Å². The summed E-state index contributed by atoms with van der Waals surface area (Å²) >= 11 is 0. The molecular formula is C20H27N3O3S. The van der Waals surface area contributed by atoms with E-state index in [-0.39, 0.29) is 11.0 Å². The fourth-order valence-corrected chi connectivity index (χ4v) is 4.32. The molecule has 1 aromatic carbocycles. The van der Waals surface area contributed by atoms with Crippen LogP contribution in [-0.4, -0.2) is 32.6 Å². The third kappa shape index (κ3) is 4.91. The zero-order chi connectivity index (χ0) is 19.3. The number of nitrogens with zero attached hydrogens (tertiary/aromatic N) is 2. The van der Waals surface area contributed by atoms with Gasteiger partial charge in [-0.25, -0.2) is 13.4 Å². The summed E-state index contributed by atoms with van der Waals surface area (Å²) in [6.45, 7) is 5.89. The summed E-state index contributed by atoms with van der Waals surface area (Å²) in [6.07, 6.45) is 6.46. The van der Waals surface area contributed by atoms with Gasteiger partial charge in [0.2, 0.25) is 0 Å². The molecule has 6 nitrogen and oxygen atoms in total. The minimum atomic E-state index is -3.68. The van der Waals surface area contributed by atoms with E-state index in [1.165, 1.54) is 12.8 Å². The molecule has 1 aliphatic carbocycles. The Kier molecular flexibility index (Phi) is 6.21. The number of rotatable bonds is 8. The van der Waals surface area contributed by atoms with Crippen LogP contribution in [0.1, 0.15) is 39.5 Å². The zero-order valence-electron chi connectivity index (χ0n) is 15.9. The molecule has 0 bridgehead atoms. The Labute approximate surface area is 161 Å². The van der Waals surface area contributed by atoms with Gasteiger partial charge in [0, 0.05) is 13.1 Å². The van der Waals surface area contributed by atoms with Crippen LogP contribution in [0.3, 0.4) is 0 Å². The van der Waals surface area contributed by atoms with E-state index in [0.29, 0.717) is 11.6 Å². The molecule has 0 spiro atoms. The number of ether oxygens (including phenoxy) is 1. The van der Waals surface area contributed by atoms with Crippen LogP contribution in [0.15, 0.2) is 47.5 Å². The van der Waals surface area contributed by atoms with Crippen molar-refractivity contribution in [2.45, 2.75) is 50.5 Å². The molecule has 0 atom stereocenters. The van der Waals surface area contributed by atoms with Crippen LogP contribution < -0.4 is 14.4 Å². The van der Waals surface area contributed by atoms with Gasteiger partial charge >= 0.3 is 0 Å². The van der Waals surface area contributed by atoms with Crippen molar-refractivity contribution in [2.75, 3.05) is 22.7 Å². The average molecular weight is 390 g/mol. The minimum Gasteiger partial charge on any atom is -0.490 e. The topological polar surface area (TPSA) is 71.5 Å². The van der Waals surface area contributed by atoms with Gasteiger partial charge in [-0.2, -0.15) is 0 Å². The standard InChI is InChI=1S/C20H27N3O3S/c1-3-23(4-2)16-9-14-20(21-15-16)22-27(24,25)19-12-10-18(11-13-19)26-17-7-5-6-8-17/h9-15,17H,3-8H2,1-2H3,(H,21,22). The molecule has 1 aliphatic rings. The van der Waals surface area contributed by atoms with Gasteiger partial charge < -0.3 is 9.64 Å². The van der Waals surface area contributed by atoms with Crippen LogP contribution in [0.5, 0.6) is 5.75 Å². The Morgan fingerprint density at radius 2 is 1.74 bits per heavy atom. The molecule has 3 rings (SSSR count). The maximum absolute atomic E-state index is 12.6. The molecule has 7 heteroatoms. The normalized spacial score (nSPS) is 14.9. The SMILES string of the molecule is CCN(CC)c1ccc(NS(=O)(=O)c2ccc(OC3CCCC3)cc2)nc1. The first kappa shape index (κ1) is 19.5. The number of aromatic nitrogens is 1. The van der Waals surface area contributed by atoms with Crippen molar-refractivity contribution in [3.63, 3.8) is 0 Å². The summed E-state index contributed by atoms with van der Waals surface area (Å²) in [7, 11) is -3.68. The van der Waals surface area contributed by atoms with E-state index >= 15 is 0 Å². The quantitative estimate of drug-likeness (QED) is 0.737. The van der Waals surface area contributed by atoms with Crippen LogP contribution in [0, 0.1) is 0 Å². The summed E-state index contributed by atoms with van der Waals surface area (Å²) in [5.41, 5.74) is 0.969. The van der Waals surface area contributed by atoms with Crippen molar-refractivity contribution >= 4 is 21.5 Å². The summed E-state index contributed by atoms with van der Waals surface area (Å²) in [6, 6.07) is 10.1. The Morgan fingerprint density at radius 1 is 1.07 bits per heavy atom. The summed E-state index contributed by atoms with van der Waals surface area (Å²) < 4.78 is 33.6. The van der Waals surface area contributed by atoms with E-state index in [9.17, 15) is 8.42 Å². The molecule has 1 saturated carbocycles. The number of sulfonamides is 1. The molecule has 0 unspecified atom stereocenters. The lowest BCUT2D eigenvalue weighted by Gasteiger charge is -2.20. The van der Waals surface area contributed by atoms with E-state index in [1.54, 1.807) is 36.5 Å². The van der Waals surface area contributed by atoms with Gasteiger partial charge in [-0.15, -0.1) is 0 Å². The first-order valence-electron chi connectivity index (χ1n) is 9.52. The summed E-state index contributed by atoms with van der Waals surface area (Å²) in [5.74, 6) is 1.01. The molecule has 1 heterocycles. The lowest BCUT2D eigenvalue weighted by molar-refractivity contribution is 0.210. The van der Waals surface area contributed by atoms with Crippen molar-refractivity contribution in [3.8, 4) is 5.75 Å². The van der Waals surface area contributed by atoms with Gasteiger partial charge in [0.15, 0.2) is 0 Å². The Balaban J connectivity index is 1.67. The maximum atomic E-state index is 12.6. The summed E-state index contributed by atoms with van der Waals surface area (Å²) in [5, 5.41) is 0. The van der Waals surface area contributed by atoms with Crippen molar-refractivity contribution in [3.05, 3.63) is 42.6 Å². The highest BCUT2D eigenvalue weighted by Crippen LogP contribution is 2.25. The number of hydrogen-bond donors (Lipinski definition) is 1. The van der Waals surface area contributed by atoms with E-state index in [4.69, 9.17) is 4.74 Å². The van der Waals surface area contributed by atoms with Crippen molar-refractivity contribution in [1.29, 1.82) is 0 Å². The number of pyridine rings is 1. The predicted octanol–water partition coefficient (Wildman–Crippen LogP) is 4.05. The smallest absolute Gasteiger partial charge is 0.263 e. The number of benzene rings is 1. The lowest BCUT2D eigenvalue weighted by atomic mass is 10.3. The van der Waals surface area contributed by atoms with Gasteiger partial charge in [-0.3, -0.25) is 4.72 Å². The van der Waals surface area contributed by atoms with Crippen LogP contribution in [-0.2, 0) is 10.0 Å². The molecule has 0 aliphatic heterocycles. The van der Waals surface area contributed by atoms with Crippen LogP contribution in [0.2, 0.25) is 0 Å². The van der Waals surface area contributed by atoms with Gasteiger partial charge in [0.1, 0.15) is 11.6 Å². The van der Waals surface area contributed by atoms with Crippen molar-refractivity contribution in [1.82, 2.24) is 4.98 Å². The molecule has 0 saturated heterocycles. The van der Waals surface area contributed by atoms with E-state index < -0.39 is 10.0 Å². The second kappa shape index (κ2) is 8.61. The number of anilines is 2. The fraction of sp³-hybridized carbons (Fsp3) is 0.450. The average Bonchev–Trinajstić information content (AvgIpc) is 3.17.